The Bertz CT molecular complexity index is 2700. The number of nitrogens with zero attached hydrogens (tertiary/aromatic N) is 6. The van der Waals surface area contributed by atoms with Gasteiger partial charge in [0.2, 0.25) is 5.95 Å². The van der Waals surface area contributed by atoms with Gasteiger partial charge in [-0.15, -0.1) is 22.7 Å². The molecule has 10 rings (SSSR count). The van der Waals surface area contributed by atoms with E-state index >= 15 is 0 Å². The van der Waals surface area contributed by atoms with Crippen molar-refractivity contribution in [3.63, 3.8) is 0 Å². The number of fused-ring (bicyclic) bond motifs is 12. The summed E-state index contributed by atoms with van der Waals surface area (Å²) in [4.78, 5) is 25.5. The summed E-state index contributed by atoms with van der Waals surface area (Å²) >= 11 is 3.56. The van der Waals surface area contributed by atoms with E-state index < -0.39 is 0 Å². The zero-order chi connectivity index (χ0) is 29.5. The second-order valence-electron chi connectivity index (χ2n) is 10.9. The molecule has 0 amide bonds. The fourth-order valence-corrected chi connectivity index (χ4v) is 9.02. The van der Waals surface area contributed by atoms with Crippen LogP contribution in [0.4, 0.5) is 0 Å². The van der Waals surface area contributed by atoms with E-state index in [0.717, 1.165) is 37.8 Å². The Morgan fingerprint density at radius 3 is 1.96 bits per heavy atom. The first-order valence-electron chi connectivity index (χ1n) is 14.6. The molecule has 0 saturated carbocycles. The quantitative estimate of drug-likeness (QED) is 0.199. The van der Waals surface area contributed by atoms with E-state index in [1.54, 1.807) is 17.7 Å². The van der Waals surface area contributed by atoms with E-state index in [9.17, 15) is 0 Å². The van der Waals surface area contributed by atoms with Gasteiger partial charge in [0, 0.05) is 59.0 Å². The van der Waals surface area contributed by atoms with E-state index in [2.05, 4.69) is 58.1 Å². The summed E-state index contributed by atoms with van der Waals surface area (Å²) in [5.74, 6) is 1.85. The van der Waals surface area contributed by atoms with Crippen molar-refractivity contribution < 1.29 is 0 Å². The lowest BCUT2D eigenvalue weighted by Gasteiger charge is -2.11. The van der Waals surface area contributed by atoms with E-state index in [0.29, 0.717) is 17.6 Å². The lowest BCUT2D eigenvalue weighted by molar-refractivity contribution is 0.955. The highest BCUT2D eigenvalue weighted by Crippen LogP contribution is 2.51. The van der Waals surface area contributed by atoms with Crippen LogP contribution in [0.3, 0.4) is 0 Å². The van der Waals surface area contributed by atoms with E-state index in [-0.39, 0.29) is 0 Å². The van der Waals surface area contributed by atoms with Gasteiger partial charge in [-0.25, -0.2) is 15.0 Å². The first-order chi connectivity index (χ1) is 22.3. The first kappa shape index (κ1) is 24.8. The Morgan fingerprint density at radius 2 is 1.20 bits per heavy atom. The molecule has 5 aromatic heterocycles. The molecule has 0 unspecified atom stereocenters. The van der Waals surface area contributed by atoms with Gasteiger partial charge in [0.1, 0.15) is 11.2 Å². The maximum absolute atomic E-state index is 5.19. The van der Waals surface area contributed by atoms with Gasteiger partial charge < -0.3 is 0 Å². The van der Waals surface area contributed by atoms with E-state index in [1.165, 1.54) is 35.6 Å². The first-order valence-corrected chi connectivity index (χ1v) is 16.2. The molecular formula is C37H20N6S2. The van der Waals surface area contributed by atoms with Crippen molar-refractivity contribution in [3.8, 4) is 28.7 Å². The SMILES string of the molecule is c1ccc(-c2nc(-c3ccccc3)nc(-n3c4ccccc4c4c5c6cncnc6sc5c5c6ccccc6sc5c43)n2)cc1. The normalized spacial score (nSPS) is 12.0. The summed E-state index contributed by atoms with van der Waals surface area (Å²) in [5, 5.41) is 7.04. The van der Waals surface area contributed by atoms with Crippen LogP contribution in [-0.4, -0.2) is 29.5 Å². The number of hydrogen-bond donors (Lipinski definition) is 0. The zero-order valence-electron chi connectivity index (χ0n) is 23.5. The molecule has 10 aromatic rings. The standard InChI is InChI=1S/C37H20N6S2/c1-3-11-21(12-4-1)34-40-35(22-13-5-2-6-14-22)42-37(41-34)43-26-17-9-7-15-23(26)28-29-25-19-38-20-39-36(25)45-32(29)30-24-16-8-10-18-27(24)44-33(30)31(28)43/h1-20H. The van der Waals surface area contributed by atoms with Crippen LogP contribution in [0.25, 0.3) is 91.0 Å². The molecule has 6 nitrogen and oxygen atoms in total. The third-order valence-electron chi connectivity index (χ3n) is 8.42. The summed E-state index contributed by atoms with van der Waals surface area (Å²) in [6, 6.07) is 37.5. The van der Waals surface area contributed by atoms with Crippen LogP contribution in [0.15, 0.2) is 122 Å². The minimum atomic E-state index is 0.586. The van der Waals surface area contributed by atoms with Crippen molar-refractivity contribution in [2.45, 2.75) is 0 Å². The lowest BCUT2D eigenvalue weighted by atomic mass is 10.0. The highest BCUT2D eigenvalue weighted by Gasteiger charge is 2.26. The molecule has 5 heterocycles. The van der Waals surface area contributed by atoms with Gasteiger partial charge >= 0.3 is 0 Å². The highest BCUT2D eigenvalue weighted by molar-refractivity contribution is 7.30. The molecule has 5 aromatic carbocycles. The third kappa shape index (κ3) is 3.58. The van der Waals surface area contributed by atoms with Crippen LogP contribution in [0.2, 0.25) is 0 Å². The molecule has 0 bridgehead atoms. The molecule has 0 aliphatic rings. The van der Waals surface area contributed by atoms with Crippen LogP contribution in [0.1, 0.15) is 0 Å². The predicted molar refractivity (Wildman–Crippen MR) is 186 cm³/mol. The molecule has 45 heavy (non-hydrogen) atoms. The maximum atomic E-state index is 5.19. The fourth-order valence-electron chi connectivity index (χ4n) is 6.52. The Morgan fingerprint density at radius 1 is 0.533 bits per heavy atom. The molecule has 0 radical (unpaired) electrons. The van der Waals surface area contributed by atoms with Crippen LogP contribution in [0.5, 0.6) is 0 Å². The molecule has 210 valence electrons. The molecule has 0 N–H and O–H groups in total. The molecule has 0 aliphatic carbocycles. The van der Waals surface area contributed by atoms with Crippen molar-refractivity contribution in [1.29, 1.82) is 0 Å². The second kappa shape index (κ2) is 9.46. The van der Waals surface area contributed by atoms with Gasteiger partial charge in [0.25, 0.3) is 0 Å². The average molecular weight is 613 g/mol. The smallest absolute Gasteiger partial charge is 0.238 e. The molecule has 0 fully saturated rings. The van der Waals surface area contributed by atoms with Crippen molar-refractivity contribution in [1.82, 2.24) is 29.5 Å². The largest absolute Gasteiger partial charge is 0.276 e. The topological polar surface area (TPSA) is 69.4 Å². The second-order valence-corrected chi connectivity index (χ2v) is 13.0. The van der Waals surface area contributed by atoms with Crippen LogP contribution in [0, 0.1) is 0 Å². The van der Waals surface area contributed by atoms with Gasteiger partial charge in [0.15, 0.2) is 11.6 Å². The molecule has 0 aliphatic heterocycles. The monoisotopic (exact) mass is 612 g/mol. The highest BCUT2D eigenvalue weighted by atomic mass is 32.1. The molecule has 0 atom stereocenters. The average Bonchev–Trinajstić information content (AvgIpc) is 3.78. The molecule has 8 heteroatoms. The van der Waals surface area contributed by atoms with Crippen LogP contribution < -0.4 is 0 Å². The van der Waals surface area contributed by atoms with Crippen molar-refractivity contribution >= 4 is 85.0 Å². The number of para-hydroxylation sites is 1. The fraction of sp³-hybridized carbons (Fsp3) is 0. The molecule has 0 saturated heterocycles. The van der Waals surface area contributed by atoms with Gasteiger partial charge in [-0.1, -0.05) is 97.1 Å². The van der Waals surface area contributed by atoms with Crippen LogP contribution in [-0.2, 0) is 0 Å². The Kier molecular flexibility index (Phi) is 5.22. The van der Waals surface area contributed by atoms with Crippen molar-refractivity contribution in [2.24, 2.45) is 0 Å². The van der Waals surface area contributed by atoms with Crippen molar-refractivity contribution in [3.05, 3.63) is 122 Å². The van der Waals surface area contributed by atoms with Gasteiger partial charge in [-0.2, -0.15) is 9.97 Å². The zero-order valence-corrected chi connectivity index (χ0v) is 25.2. The van der Waals surface area contributed by atoms with Gasteiger partial charge in [-0.3, -0.25) is 4.57 Å². The van der Waals surface area contributed by atoms with E-state index in [1.807, 2.05) is 78.2 Å². The minimum absolute atomic E-state index is 0.586. The lowest BCUT2D eigenvalue weighted by Crippen LogP contribution is -2.06. The van der Waals surface area contributed by atoms with Gasteiger partial charge in [-0.05, 0) is 12.1 Å². The number of benzene rings is 5. The Labute approximate surface area is 263 Å². The maximum Gasteiger partial charge on any atom is 0.238 e. The number of aromatic nitrogens is 6. The number of rotatable bonds is 3. The third-order valence-corrected chi connectivity index (χ3v) is 10.7. The minimum Gasteiger partial charge on any atom is -0.276 e. The Hall–Kier alpha value is -5.57. The summed E-state index contributed by atoms with van der Waals surface area (Å²) in [6.45, 7) is 0. The summed E-state index contributed by atoms with van der Waals surface area (Å²) in [7, 11) is 0. The van der Waals surface area contributed by atoms with Gasteiger partial charge in [0.05, 0.1) is 15.7 Å². The van der Waals surface area contributed by atoms with E-state index in [4.69, 9.17) is 19.9 Å². The summed E-state index contributed by atoms with van der Waals surface area (Å²) < 4.78 is 5.93. The Balaban J connectivity index is 1.45. The molecule has 0 spiro atoms. The molecular weight excluding hydrogens is 593 g/mol. The van der Waals surface area contributed by atoms with Crippen LogP contribution >= 0.6 is 22.7 Å². The number of thiophene rings is 2. The summed E-state index contributed by atoms with van der Waals surface area (Å²) in [5.41, 5.74) is 4.01. The van der Waals surface area contributed by atoms with Crippen molar-refractivity contribution in [2.75, 3.05) is 0 Å². The predicted octanol–water partition coefficient (Wildman–Crippen LogP) is 9.83. The summed E-state index contributed by atoms with van der Waals surface area (Å²) in [6.07, 6.45) is 3.60. The number of hydrogen-bond acceptors (Lipinski definition) is 7.